The van der Waals surface area contributed by atoms with E-state index in [1.807, 2.05) is 0 Å². The fourth-order valence-corrected chi connectivity index (χ4v) is 3.72. The maximum Gasteiger partial charge on any atom is 0.416 e. The predicted octanol–water partition coefficient (Wildman–Crippen LogP) is 4.81. The van der Waals surface area contributed by atoms with Crippen molar-refractivity contribution in [1.82, 2.24) is 4.98 Å². The van der Waals surface area contributed by atoms with E-state index in [-0.39, 0.29) is 27.0 Å². The SMILES string of the molecule is O=C(Nc1ccccn1)c1cc(S(=O)(=O)Nc2cccc(C(F)(F)F)c2)ccc1Cl. The first kappa shape index (κ1) is 21.6. The Labute approximate surface area is 174 Å². The van der Waals surface area contributed by atoms with Crippen LogP contribution in [0.15, 0.2) is 71.8 Å². The number of carbonyl (C=O) groups is 1. The molecule has 156 valence electrons. The van der Waals surface area contributed by atoms with Gasteiger partial charge in [-0.3, -0.25) is 9.52 Å². The van der Waals surface area contributed by atoms with Crippen LogP contribution >= 0.6 is 11.6 Å². The molecule has 0 atom stereocenters. The molecule has 6 nitrogen and oxygen atoms in total. The predicted molar refractivity (Wildman–Crippen MR) is 106 cm³/mol. The molecular formula is C19H13ClF3N3O3S. The summed E-state index contributed by atoms with van der Waals surface area (Å²) in [6.45, 7) is 0. The van der Waals surface area contributed by atoms with Crippen molar-refractivity contribution < 1.29 is 26.4 Å². The first-order valence-corrected chi connectivity index (χ1v) is 10.1. The molecule has 0 aliphatic rings. The van der Waals surface area contributed by atoms with Crippen molar-refractivity contribution in [1.29, 1.82) is 0 Å². The number of nitrogens with zero attached hydrogens (tertiary/aromatic N) is 1. The largest absolute Gasteiger partial charge is 0.416 e. The Kier molecular flexibility index (Phi) is 5.99. The summed E-state index contributed by atoms with van der Waals surface area (Å²) in [5.41, 5.74) is -1.43. The van der Waals surface area contributed by atoms with Crippen LogP contribution in [0.2, 0.25) is 5.02 Å². The number of rotatable bonds is 5. The smallest absolute Gasteiger partial charge is 0.307 e. The van der Waals surface area contributed by atoms with E-state index in [4.69, 9.17) is 11.6 Å². The normalized spacial score (nSPS) is 11.7. The molecule has 1 aromatic heterocycles. The Morgan fingerprint density at radius 1 is 1.00 bits per heavy atom. The highest BCUT2D eigenvalue weighted by molar-refractivity contribution is 7.92. The fraction of sp³-hybridized carbons (Fsp3) is 0.0526. The van der Waals surface area contributed by atoms with E-state index in [0.29, 0.717) is 6.07 Å². The van der Waals surface area contributed by atoms with Crippen LogP contribution in [0.25, 0.3) is 0 Å². The standard InChI is InChI=1S/C19H13ClF3N3O3S/c20-16-8-7-14(11-15(16)18(27)25-17-6-1-2-9-24-17)30(28,29)26-13-5-3-4-12(10-13)19(21,22)23/h1-11,26H,(H,24,25,27). The molecular weight excluding hydrogens is 443 g/mol. The third-order valence-electron chi connectivity index (χ3n) is 3.84. The first-order valence-electron chi connectivity index (χ1n) is 8.28. The molecule has 1 heterocycles. The number of aromatic nitrogens is 1. The number of sulfonamides is 1. The number of hydrogen-bond acceptors (Lipinski definition) is 4. The van der Waals surface area contributed by atoms with Gasteiger partial charge >= 0.3 is 6.18 Å². The molecule has 0 saturated heterocycles. The molecule has 0 unspecified atom stereocenters. The van der Waals surface area contributed by atoms with Crippen LogP contribution in [0, 0.1) is 0 Å². The van der Waals surface area contributed by atoms with Gasteiger partial charge in [0.2, 0.25) is 0 Å². The third-order valence-corrected chi connectivity index (χ3v) is 5.55. The second-order valence-electron chi connectivity index (χ2n) is 5.99. The van der Waals surface area contributed by atoms with Crippen LogP contribution in [0.1, 0.15) is 15.9 Å². The minimum absolute atomic E-state index is 0.0125. The molecule has 0 aliphatic heterocycles. The van der Waals surface area contributed by atoms with Crippen LogP contribution in [0.4, 0.5) is 24.7 Å². The molecule has 0 aliphatic carbocycles. The Morgan fingerprint density at radius 2 is 1.77 bits per heavy atom. The lowest BCUT2D eigenvalue weighted by atomic mass is 10.2. The number of alkyl halides is 3. The number of nitrogens with one attached hydrogen (secondary N) is 2. The van der Waals surface area contributed by atoms with E-state index < -0.39 is 27.7 Å². The van der Waals surface area contributed by atoms with Gasteiger partial charge in [-0.1, -0.05) is 23.7 Å². The van der Waals surface area contributed by atoms with Crippen LogP contribution in [-0.4, -0.2) is 19.3 Å². The average molecular weight is 456 g/mol. The monoisotopic (exact) mass is 455 g/mol. The van der Waals surface area contributed by atoms with Gasteiger partial charge in [0.15, 0.2) is 0 Å². The van der Waals surface area contributed by atoms with Gasteiger partial charge in [0.25, 0.3) is 15.9 Å². The molecule has 0 radical (unpaired) electrons. The molecule has 0 bridgehead atoms. The molecule has 0 saturated carbocycles. The topological polar surface area (TPSA) is 88.2 Å². The summed E-state index contributed by atoms with van der Waals surface area (Å²) in [6.07, 6.45) is -3.17. The number of amides is 1. The van der Waals surface area contributed by atoms with E-state index in [1.165, 1.54) is 24.4 Å². The maximum absolute atomic E-state index is 12.8. The molecule has 30 heavy (non-hydrogen) atoms. The molecule has 3 rings (SSSR count). The summed E-state index contributed by atoms with van der Waals surface area (Å²) in [4.78, 5) is 16.0. The summed E-state index contributed by atoms with van der Waals surface area (Å²) in [5, 5.41) is 2.46. The van der Waals surface area contributed by atoms with Crippen molar-refractivity contribution in [3.8, 4) is 0 Å². The number of anilines is 2. The quantitative estimate of drug-likeness (QED) is 0.578. The van der Waals surface area contributed by atoms with Gasteiger partial charge in [0, 0.05) is 11.9 Å². The van der Waals surface area contributed by atoms with Crippen molar-refractivity contribution >= 4 is 39.0 Å². The molecule has 3 aromatic rings. The molecule has 2 aromatic carbocycles. The van der Waals surface area contributed by atoms with E-state index >= 15 is 0 Å². The van der Waals surface area contributed by atoms with Gasteiger partial charge in [-0.15, -0.1) is 0 Å². The summed E-state index contributed by atoms with van der Waals surface area (Å²) in [6, 6.07) is 11.9. The highest BCUT2D eigenvalue weighted by atomic mass is 35.5. The van der Waals surface area contributed by atoms with Crippen LogP contribution in [-0.2, 0) is 16.2 Å². The molecule has 0 spiro atoms. The van der Waals surface area contributed by atoms with Crippen LogP contribution in [0.3, 0.4) is 0 Å². The zero-order chi connectivity index (χ0) is 21.9. The number of hydrogen-bond donors (Lipinski definition) is 2. The van der Waals surface area contributed by atoms with E-state index in [0.717, 1.165) is 24.3 Å². The van der Waals surface area contributed by atoms with E-state index in [1.54, 1.807) is 12.1 Å². The third kappa shape index (κ3) is 5.08. The molecule has 0 fully saturated rings. The molecule has 11 heteroatoms. The Balaban J connectivity index is 1.88. The van der Waals surface area contributed by atoms with E-state index in [2.05, 4.69) is 15.0 Å². The van der Waals surface area contributed by atoms with Crippen LogP contribution < -0.4 is 10.0 Å². The number of pyridine rings is 1. The summed E-state index contributed by atoms with van der Waals surface area (Å²) in [5.74, 6) is -0.469. The Bertz CT molecular complexity index is 1190. The van der Waals surface area contributed by atoms with Crippen LogP contribution in [0.5, 0.6) is 0 Å². The molecule has 2 N–H and O–H groups in total. The van der Waals surface area contributed by atoms with Gasteiger partial charge in [-0.2, -0.15) is 13.2 Å². The summed E-state index contributed by atoms with van der Waals surface area (Å²) >= 11 is 6.02. The lowest BCUT2D eigenvalue weighted by Gasteiger charge is -2.12. The van der Waals surface area contributed by atoms with Gasteiger partial charge in [-0.05, 0) is 48.5 Å². The second-order valence-corrected chi connectivity index (χ2v) is 8.08. The summed E-state index contributed by atoms with van der Waals surface area (Å²) in [7, 11) is -4.29. The van der Waals surface area contributed by atoms with Gasteiger partial charge < -0.3 is 5.32 Å². The van der Waals surface area contributed by atoms with Crippen molar-refractivity contribution in [2.24, 2.45) is 0 Å². The maximum atomic E-state index is 12.8. The number of carbonyl (C=O) groups excluding carboxylic acids is 1. The van der Waals surface area contributed by atoms with Crippen molar-refractivity contribution in [2.75, 3.05) is 10.0 Å². The zero-order valence-corrected chi connectivity index (χ0v) is 16.5. The van der Waals surface area contributed by atoms with Crippen molar-refractivity contribution in [3.05, 3.63) is 83.0 Å². The van der Waals surface area contributed by atoms with Crippen molar-refractivity contribution in [2.45, 2.75) is 11.1 Å². The van der Waals surface area contributed by atoms with Gasteiger partial charge in [-0.25, -0.2) is 13.4 Å². The lowest BCUT2D eigenvalue weighted by molar-refractivity contribution is -0.137. The number of halogens is 4. The Morgan fingerprint density at radius 3 is 2.43 bits per heavy atom. The lowest BCUT2D eigenvalue weighted by Crippen LogP contribution is -2.17. The zero-order valence-electron chi connectivity index (χ0n) is 14.9. The average Bonchev–Trinajstić information content (AvgIpc) is 2.68. The van der Waals surface area contributed by atoms with Gasteiger partial charge in [0.05, 0.1) is 21.0 Å². The first-order chi connectivity index (χ1) is 14.1. The number of benzene rings is 2. The highest BCUT2D eigenvalue weighted by Gasteiger charge is 2.30. The second kappa shape index (κ2) is 8.33. The Hall–Kier alpha value is -3.11. The fourth-order valence-electron chi connectivity index (χ4n) is 2.44. The minimum Gasteiger partial charge on any atom is -0.307 e. The van der Waals surface area contributed by atoms with E-state index in [9.17, 15) is 26.4 Å². The van der Waals surface area contributed by atoms with Crippen molar-refractivity contribution in [3.63, 3.8) is 0 Å². The minimum atomic E-state index is -4.63. The summed E-state index contributed by atoms with van der Waals surface area (Å²) < 4.78 is 65.9. The van der Waals surface area contributed by atoms with Gasteiger partial charge in [0.1, 0.15) is 5.82 Å². The molecule has 1 amide bonds. The highest BCUT2D eigenvalue weighted by Crippen LogP contribution is 2.31.